The quantitative estimate of drug-likeness (QED) is 0.385. The molecule has 0 bridgehead atoms. The van der Waals surface area contributed by atoms with E-state index >= 15 is 0 Å². The molecule has 7 heteroatoms. The number of anilines is 1. The van der Waals surface area contributed by atoms with Crippen LogP contribution in [-0.4, -0.2) is 54.1 Å². The lowest BCUT2D eigenvalue weighted by atomic mass is 9.45. The number of carbonyl (C=O) groups excluding carboxylic acids is 1. The Morgan fingerprint density at radius 3 is 2.41 bits per heavy atom. The van der Waals surface area contributed by atoms with Gasteiger partial charge in [-0.15, -0.1) is 0 Å². The van der Waals surface area contributed by atoms with Crippen molar-refractivity contribution in [3.8, 4) is 0 Å². The van der Waals surface area contributed by atoms with Crippen LogP contribution in [0.4, 0.5) is 10.5 Å². The Balaban J connectivity index is 1.16. The number of ether oxygens (including phenoxy) is 3. The summed E-state index contributed by atoms with van der Waals surface area (Å²) in [4.78, 5) is 12.6. The Kier molecular flexibility index (Phi) is 7.58. The summed E-state index contributed by atoms with van der Waals surface area (Å²) in [5.74, 6) is 2.05. The zero-order chi connectivity index (χ0) is 29.2. The molecule has 1 amide bonds. The third-order valence-corrected chi connectivity index (χ3v) is 12.0. The van der Waals surface area contributed by atoms with E-state index in [1.807, 2.05) is 18.2 Å². The van der Waals surface area contributed by atoms with Gasteiger partial charge in [0.2, 0.25) is 0 Å². The number of aliphatic hydroxyl groups excluding tert-OH is 2. The Hall–Kier alpha value is -1.93. The molecule has 1 heterocycles. The number of hydrogen-bond acceptors (Lipinski definition) is 6. The first-order valence-electron chi connectivity index (χ1n) is 15.7. The topological polar surface area (TPSA) is 97.3 Å². The Labute approximate surface area is 245 Å². The number of amides is 1. The van der Waals surface area contributed by atoms with Gasteiger partial charge in [0.25, 0.3) is 0 Å². The molecule has 0 aromatic heterocycles. The number of nitrogens with one attached hydrogen (secondary N) is 1. The van der Waals surface area contributed by atoms with Gasteiger partial charge in [-0.1, -0.05) is 65.0 Å². The number of hydrogen-bond donors (Lipinski definition) is 3. The van der Waals surface area contributed by atoms with Gasteiger partial charge >= 0.3 is 6.09 Å². The highest BCUT2D eigenvalue weighted by Crippen LogP contribution is 2.67. The van der Waals surface area contributed by atoms with Gasteiger partial charge in [0, 0.05) is 22.4 Å². The maximum atomic E-state index is 12.6. The fraction of sp³-hybridized carbons (Fsp3) is 0.735. The lowest BCUT2D eigenvalue weighted by molar-refractivity contribution is -0.253. The molecular weight excluding hydrogens is 518 g/mol. The molecule has 4 aliphatic carbocycles. The second-order valence-electron chi connectivity index (χ2n) is 15.0. The molecular formula is C34H49NO6. The van der Waals surface area contributed by atoms with E-state index in [2.05, 4.69) is 52.1 Å². The van der Waals surface area contributed by atoms with Gasteiger partial charge in [-0.2, -0.15) is 0 Å². The molecule has 4 fully saturated rings. The average molecular weight is 568 g/mol. The van der Waals surface area contributed by atoms with Gasteiger partial charge in [0.15, 0.2) is 6.29 Å². The minimum atomic E-state index is -1.13. The standard InChI is InChI=1S/C34H49NO6/c1-20(30-39-18-32(2,3)19-40-30)24-13-14-25-23-12-11-21-17-27(41-31(38)35-22-9-7-6-8-10-22)28(36)29(37)34(21,5)26(23)15-16-33(24,25)4/h6-12,20-21,23-30,36-37H,13-19H2,1-5H3,(H,35,38)/t20?,21?,23-,24+,25-,26-,27+,28-,29-,33+,34-/m0/s1. The largest absolute Gasteiger partial charge is 0.443 e. The summed E-state index contributed by atoms with van der Waals surface area (Å²) < 4.78 is 18.2. The molecule has 0 radical (unpaired) electrons. The van der Waals surface area contributed by atoms with Crippen LogP contribution >= 0.6 is 0 Å². The zero-order valence-electron chi connectivity index (χ0n) is 25.3. The first-order valence-corrected chi connectivity index (χ1v) is 15.7. The van der Waals surface area contributed by atoms with Gasteiger partial charge in [-0.05, 0) is 79.2 Å². The van der Waals surface area contributed by atoms with Gasteiger partial charge in [-0.3, -0.25) is 5.32 Å². The van der Waals surface area contributed by atoms with Crippen molar-refractivity contribution >= 4 is 11.8 Å². The van der Waals surface area contributed by atoms with E-state index in [9.17, 15) is 15.0 Å². The molecule has 3 N–H and O–H groups in total. The van der Waals surface area contributed by atoms with Crippen molar-refractivity contribution < 1.29 is 29.2 Å². The van der Waals surface area contributed by atoms with Crippen LogP contribution in [-0.2, 0) is 14.2 Å². The van der Waals surface area contributed by atoms with Crippen molar-refractivity contribution in [1.82, 2.24) is 0 Å². The maximum absolute atomic E-state index is 12.6. The van der Waals surface area contributed by atoms with Crippen LogP contribution in [0, 0.1) is 51.8 Å². The number of rotatable bonds is 4. The van der Waals surface area contributed by atoms with Crippen LogP contribution < -0.4 is 5.32 Å². The minimum absolute atomic E-state index is 0.0320. The number of allylic oxidation sites excluding steroid dienone is 2. The maximum Gasteiger partial charge on any atom is 0.411 e. The highest BCUT2D eigenvalue weighted by atomic mass is 16.7. The monoisotopic (exact) mass is 567 g/mol. The van der Waals surface area contributed by atoms with Crippen molar-refractivity contribution in [3.05, 3.63) is 42.5 Å². The molecule has 3 saturated carbocycles. The fourth-order valence-electron chi connectivity index (χ4n) is 9.69. The molecule has 5 aliphatic rings. The highest BCUT2D eigenvalue weighted by Gasteiger charge is 2.64. The van der Waals surface area contributed by atoms with E-state index in [1.54, 1.807) is 12.1 Å². The lowest BCUT2D eigenvalue weighted by Gasteiger charge is -2.61. The number of para-hydroxylation sites is 1. The first kappa shape index (κ1) is 29.2. The van der Waals surface area contributed by atoms with Crippen molar-refractivity contribution in [2.24, 2.45) is 51.8 Å². The molecule has 1 aromatic rings. The van der Waals surface area contributed by atoms with Crippen LogP contribution in [0.2, 0.25) is 0 Å². The number of carbonyl (C=O) groups is 1. The van der Waals surface area contributed by atoms with Crippen molar-refractivity contribution in [3.63, 3.8) is 0 Å². The molecule has 1 saturated heterocycles. The summed E-state index contributed by atoms with van der Waals surface area (Å²) in [7, 11) is 0. The summed E-state index contributed by atoms with van der Waals surface area (Å²) in [5.41, 5.74) is 0.415. The first-order chi connectivity index (χ1) is 19.4. The van der Waals surface area contributed by atoms with E-state index < -0.39 is 29.8 Å². The van der Waals surface area contributed by atoms with E-state index in [0.717, 1.165) is 26.1 Å². The minimum Gasteiger partial charge on any atom is -0.443 e. The van der Waals surface area contributed by atoms with Crippen molar-refractivity contribution in [2.75, 3.05) is 18.5 Å². The third kappa shape index (κ3) is 4.95. The van der Waals surface area contributed by atoms with Crippen LogP contribution in [0.1, 0.15) is 66.7 Å². The van der Waals surface area contributed by atoms with E-state index in [4.69, 9.17) is 14.2 Å². The van der Waals surface area contributed by atoms with E-state index in [0.29, 0.717) is 35.8 Å². The van der Waals surface area contributed by atoms with Gasteiger partial charge in [0.1, 0.15) is 12.2 Å². The molecule has 1 aromatic carbocycles. The predicted octanol–water partition coefficient (Wildman–Crippen LogP) is 6.02. The lowest BCUT2D eigenvalue weighted by Crippen LogP contribution is -2.63. The van der Waals surface area contributed by atoms with Gasteiger partial charge in [0.05, 0.1) is 19.3 Å². The number of fused-ring (bicyclic) bond motifs is 5. The second-order valence-corrected chi connectivity index (χ2v) is 15.0. The molecule has 226 valence electrons. The second kappa shape index (κ2) is 10.7. The van der Waals surface area contributed by atoms with E-state index in [1.165, 1.54) is 12.8 Å². The highest BCUT2D eigenvalue weighted by molar-refractivity contribution is 5.84. The normalized spacial score (nSPS) is 44.3. The zero-order valence-corrected chi connectivity index (χ0v) is 25.3. The number of benzene rings is 1. The Morgan fingerprint density at radius 1 is 1.00 bits per heavy atom. The summed E-state index contributed by atoms with van der Waals surface area (Å²) in [5, 5.41) is 25.7. The fourth-order valence-corrected chi connectivity index (χ4v) is 9.69. The van der Waals surface area contributed by atoms with Gasteiger partial charge < -0.3 is 24.4 Å². The van der Waals surface area contributed by atoms with E-state index in [-0.39, 0.29) is 29.0 Å². The van der Waals surface area contributed by atoms with Gasteiger partial charge in [-0.25, -0.2) is 4.79 Å². The van der Waals surface area contributed by atoms with Crippen LogP contribution in [0.15, 0.2) is 42.5 Å². The summed E-state index contributed by atoms with van der Waals surface area (Å²) in [6.07, 6.45) is 6.02. The van der Waals surface area contributed by atoms with Crippen molar-refractivity contribution in [2.45, 2.75) is 91.3 Å². The molecule has 1 aliphatic heterocycles. The Morgan fingerprint density at radius 2 is 1.71 bits per heavy atom. The van der Waals surface area contributed by atoms with Crippen LogP contribution in [0.25, 0.3) is 0 Å². The summed E-state index contributed by atoms with van der Waals surface area (Å²) in [6, 6.07) is 9.13. The summed E-state index contributed by atoms with van der Waals surface area (Å²) in [6.45, 7) is 12.8. The molecule has 11 atom stereocenters. The smallest absolute Gasteiger partial charge is 0.411 e. The SMILES string of the molecule is CC(C1OCC(C)(C)CO1)[C@H]1CC[C@H]2[C@@H]3C=CC4C[C@@H](OC(=O)Nc5ccccc5)[C@H](O)[C@H](O)[C@]4(C)[C@H]3CC[C@]12C. The molecule has 0 spiro atoms. The van der Waals surface area contributed by atoms with Crippen LogP contribution in [0.3, 0.4) is 0 Å². The third-order valence-electron chi connectivity index (χ3n) is 12.0. The molecule has 6 rings (SSSR count). The molecule has 41 heavy (non-hydrogen) atoms. The molecule has 7 nitrogen and oxygen atoms in total. The summed E-state index contributed by atoms with van der Waals surface area (Å²) >= 11 is 0. The van der Waals surface area contributed by atoms with Crippen LogP contribution in [0.5, 0.6) is 0 Å². The number of aliphatic hydroxyl groups is 2. The van der Waals surface area contributed by atoms with Crippen molar-refractivity contribution in [1.29, 1.82) is 0 Å². The predicted molar refractivity (Wildman–Crippen MR) is 157 cm³/mol. The average Bonchev–Trinajstić information content (AvgIpc) is 3.30. The Bertz CT molecular complexity index is 1130. The molecule has 2 unspecified atom stereocenters.